The van der Waals surface area contributed by atoms with Gasteiger partial charge in [-0.05, 0) is 42.0 Å². The van der Waals surface area contributed by atoms with Crippen LogP contribution >= 0.6 is 12.4 Å². The van der Waals surface area contributed by atoms with Crippen molar-refractivity contribution in [3.8, 4) is 5.75 Å². The molecule has 1 amide bonds. The quantitative estimate of drug-likeness (QED) is 0.619. The van der Waals surface area contributed by atoms with Gasteiger partial charge in [-0.25, -0.2) is 0 Å². The molecule has 0 heterocycles. The number of carbonyl (C=O) groups is 1. The molecule has 0 aliphatic rings. The summed E-state index contributed by atoms with van der Waals surface area (Å²) in [5.41, 5.74) is 6.17. The predicted octanol–water partition coefficient (Wildman–Crippen LogP) is 2.81. The van der Waals surface area contributed by atoms with E-state index < -0.39 is 17.8 Å². The van der Waals surface area contributed by atoms with Gasteiger partial charge in [-0.3, -0.25) is 4.79 Å². The number of amides is 1. The van der Waals surface area contributed by atoms with E-state index in [4.69, 9.17) is 10.5 Å². The Morgan fingerprint density at radius 3 is 2.26 bits per heavy atom. The summed E-state index contributed by atoms with van der Waals surface area (Å²) in [7, 11) is 0. The van der Waals surface area contributed by atoms with Crippen LogP contribution in [-0.2, 0) is 17.4 Å². The number of ether oxygens (including phenoxy) is 1. The Labute approximate surface area is 160 Å². The van der Waals surface area contributed by atoms with Gasteiger partial charge in [0.2, 0.25) is 5.91 Å². The molecule has 0 aliphatic heterocycles. The van der Waals surface area contributed by atoms with Gasteiger partial charge >= 0.3 is 6.18 Å². The average molecular weight is 405 g/mol. The molecule has 0 fully saturated rings. The number of aliphatic hydroxyl groups excluding tert-OH is 1. The highest BCUT2D eigenvalue weighted by Gasteiger charge is 2.30. The summed E-state index contributed by atoms with van der Waals surface area (Å²) in [5.74, 6) is -0.0754. The van der Waals surface area contributed by atoms with Crippen molar-refractivity contribution in [1.82, 2.24) is 5.32 Å². The lowest BCUT2D eigenvalue weighted by molar-refractivity contribution is -0.137. The van der Waals surface area contributed by atoms with Crippen molar-refractivity contribution in [1.29, 1.82) is 0 Å². The fourth-order valence-electron chi connectivity index (χ4n) is 2.11. The third kappa shape index (κ3) is 7.76. The van der Waals surface area contributed by atoms with Crippen LogP contribution < -0.4 is 15.8 Å². The van der Waals surface area contributed by atoms with E-state index >= 15 is 0 Å². The highest BCUT2D eigenvalue weighted by Crippen LogP contribution is 2.30. The molecule has 0 spiro atoms. The van der Waals surface area contributed by atoms with Gasteiger partial charge in [0.15, 0.2) is 0 Å². The SMILES string of the molecule is Cl.Nc1ccc(CC(=O)NCC(O)COc2ccc(C(F)(F)F)cc2)cc1. The van der Waals surface area contributed by atoms with Gasteiger partial charge in [0.25, 0.3) is 0 Å². The number of carbonyl (C=O) groups excluding carboxylic acids is 1. The minimum atomic E-state index is -4.41. The molecule has 0 aromatic heterocycles. The van der Waals surface area contributed by atoms with Crippen LogP contribution in [0.2, 0.25) is 0 Å². The molecule has 5 nitrogen and oxygen atoms in total. The van der Waals surface area contributed by atoms with Gasteiger partial charge in [0, 0.05) is 12.2 Å². The number of halogens is 4. The number of nitrogens with two attached hydrogens (primary N) is 1. The standard InChI is InChI=1S/C18H19F3N2O3.ClH/c19-18(20,21)13-3-7-16(8-4-13)26-11-15(24)10-23-17(25)9-12-1-5-14(22)6-2-12;/h1-8,15,24H,9-11,22H2,(H,23,25);1H. The summed E-state index contributed by atoms with van der Waals surface area (Å²) in [4.78, 5) is 11.8. The molecule has 2 aromatic rings. The second-order valence-electron chi connectivity index (χ2n) is 5.71. The first kappa shape index (κ1) is 22.6. The Hall–Kier alpha value is -2.45. The first-order chi connectivity index (χ1) is 12.2. The molecule has 9 heteroatoms. The molecule has 148 valence electrons. The summed E-state index contributed by atoms with van der Waals surface area (Å²) in [6.07, 6.45) is -5.26. The van der Waals surface area contributed by atoms with Crippen LogP contribution in [-0.4, -0.2) is 30.3 Å². The van der Waals surface area contributed by atoms with E-state index in [1.54, 1.807) is 24.3 Å². The van der Waals surface area contributed by atoms with Crippen LogP contribution in [0.4, 0.5) is 18.9 Å². The number of benzene rings is 2. The zero-order chi connectivity index (χ0) is 19.2. The second-order valence-corrected chi connectivity index (χ2v) is 5.71. The minimum Gasteiger partial charge on any atom is -0.491 e. The molecule has 0 aliphatic carbocycles. The average Bonchev–Trinajstić information content (AvgIpc) is 2.60. The first-order valence-electron chi connectivity index (χ1n) is 7.83. The maximum absolute atomic E-state index is 12.5. The molecule has 0 radical (unpaired) electrons. The van der Waals surface area contributed by atoms with Crippen LogP contribution in [0.1, 0.15) is 11.1 Å². The van der Waals surface area contributed by atoms with Gasteiger partial charge in [-0.1, -0.05) is 12.1 Å². The number of hydrogen-bond donors (Lipinski definition) is 3. The third-order valence-electron chi connectivity index (χ3n) is 3.50. The fourth-order valence-corrected chi connectivity index (χ4v) is 2.11. The Balaban J connectivity index is 0.00000364. The molecular weight excluding hydrogens is 385 g/mol. The van der Waals surface area contributed by atoms with Gasteiger partial charge in [0.1, 0.15) is 18.5 Å². The third-order valence-corrected chi connectivity index (χ3v) is 3.50. The Morgan fingerprint density at radius 1 is 1.11 bits per heavy atom. The molecule has 1 atom stereocenters. The molecule has 4 N–H and O–H groups in total. The molecule has 0 saturated carbocycles. The van der Waals surface area contributed by atoms with Gasteiger partial charge in [-0.2, -0.15) is 13.2 Å². The van der Waals surface area contributed by atoms with E-state index in [1.165, 1.54) is 12.1 Å². The topological polar surface area (TPSA) is 84.6 Å². The molecule has 1 unspecified atom stereocenters. The van der Waals surface area contributed by atoms with Crippen LogP contribution in [0.25, 0.3) is 0 Å². The van der Waals surface area contributed by atoms with Crippen molar-refractivity contribution in [2.75, 3.05) is 18.9 Å². The molecule has 27 heavy (non-hydrogen) atoms. The van der Waals surface area contributed by atoms with Crippen molar-refractivity contribution in [3.63, 3.8) is 0 Å². The van der Waals surface area contributed by atoms with E-state index in [2.05, 4.69) is 5.32 Å². The van der Waals surface area contributed by atoms with Crippen LogP contribution in [0, 0.1) is 0 Å². The Bertz CT molecular complexity index is 722. The van der Waals surface area contributed by atoms with Crippen molar-refractivity contribution in [2.24, 2.45) is 0 Å². The summed E-state index contributed by atoms with van der Waals surface area (Å²) >= 11 is 0. The maximum atomic E-state index is 12.5. The number of hydrogen-bond acceptors (Lipinski definition) is 4. The van der Waals surface area contributed by atoms with Crippen molar-refractivity contribution < 1.29 is 27.8 Å². The summed E-state index contributed by atoms with van der Waals surface area (Å²) < 4.78 is 42.6. The highest BCUT2D eigenvalue weighted by atomic mass is 35.5. The van der Waals surface area contributed by atoms with Crippen molar-refractivity contribution >= 4 is 24.0 Å². The lowest BCUT2D eigenvalue weighted by Gasteiger charge is -2.14. The second kappa shape index (κ2) is 10.0. The smallest absolute Gasteiger partial charge is 0.416 e. The van der Waals surface area contributed by atoms with Crippen molar-refractivity contribution in [2.45, 2.75) is 18.7 Å². The summed E-state index contributed by atoms with van der Waals surface area (Å²) in [5, 5.41) is 12.4. The number of aliphatic hydroxyl groups is 1. The summed E-state index contributed by atoms with van der Waals surface area (Å²) in [6, 6.07) is 11.0. The van der Waals surface area contributed by atoms with Crippen LogP contribution in [0.5, 0.6) is 5.75 Å². The molecule has 0 bridgehead atoms. The molecular formula is C18H20ClF3N2O3. The monoisotopic (exact) mass is 404 g/mol. The van der Waals surface area contributed by atoms with E-state index in [0.29, 0.717) is 5.69 Å². The fraction of sp³-hybridized carbons (Fsp3) is 0.278. The lowest BCUT2D eigenvalue weighted by atomic mass is 10.1. The van der Waals surface area contributed by atoms with Crippen molar-refractivity contribution in [3.05, 3.63) is 59.7 Å². The summed E-state index contributed by atoms with van der Waals surface area (Å²) in [6.45, 7) is -0.193. The lowest BCUT2D eigenvalue weighted by Crippen LogP contribution is -2.36. The highest BCUT2D eigenvalue weighted by molar-refractivity contribution is 5.85. The molecule has 2 rings (SSSR count). The van der Waals surface area contributed by atoms with Gasteiger partial charge < -0.3 is 20.9 Å². The van der Waals surface area contributed by atoms with E-state index in [1.807, 2.05) is 0 Å². The molecule has 2 aromatic carbocycles. The number of nitrogen functional groups attached to an aromatic ring is 1. The zero-order valence-corrected chi connectivity index (χ0v) is 15.0. The van der Waals surface area contributed by atoms with E-state index in [0.717, 1.165) is 17.7 Å². The first-order valence-corrected chi connectivity index (χ1v) is 7.83. The maximum Gasteiger partial charge on any atom is 0.416 e. The van der Waals surface area contributed by atoms with E-state index in [-0.39, 0.29) is 43.6 Å². The minimum absolute atomic E-state index is 0. The number of alkyl halides is 3. The zero-order valence-electron chi connectivity index (χ0n) is 14.2. The van der Waals surface area contributed by atoms with E-state index in [9.17, 15) is 23.1 Å². The number of anilines is 1. The van der Waals surface area contributed by atoms with Crippen LogP contribution in [0.3, 0.4) is 0 Å². The predicted molar refractivity (Wildman–Crippen MR) is 97.8 cm³/mol. The molecule has 0 saturated heterocycles. The number of nitrogens with one attached hydrogen (secondary N) is 1. The Morgan fingerprint density at radius 2 is 1.70 bits per heavy atom. The Kier molecular flexibility index (Phi) is 8.39. The van der Waals surface area contributed by atoms with Gasteiger partial charge in [0.05, 0.1) is 12.0 Å². The van der Waals surface area contributed by atoms with Crippen LogP contribution in [0.15, 0.2) is 48.5 Å². The normalized spacial score (nSPS) is 12.0. The van der Waals surface area contributed by atoms with Gasteiger partial charge in [-0.15, -0.1) is 12.4 Å². The largest absolute Gasteiger partial charge is 0.491 e. The number of rotatable bonds is 7.